The summed E-state index contributed by atoms with van der Waals surface area (Å²) < 4.78 is 10.5. The number of unbranched alkanes of at least 4 members (excludes halogenated alkanes) is 1. The number of ether oxygens (including phenoxy) is 2. The van der Waals surface area contributed by atoms with E-state index in [1.807, 2.05) is 0 Å². The van der Waals surface area contributed by atoms with E-state index in [-0.39, 0.29) is 12.4 Å². The molecule has 0 aliphatic carbocycles. The van der Waals surface area contributed by atoms with Crippen molar-refractivity contribution in [3.63, 3.8) is 0 Å². The second-order valence-corrected chi connectivity index (χ2v) is 3.30. The van der Waals surface area contributed by atoms with Crippen molar-refractivity contribution in [1.82, 2.24) is 0 Å². The Bertz CT molecular complexity index is 168. The SMILES string of the molecule is CCCC[C@H]1O[C@H](OC)C=C[C@@H]1O. The maximum Gasteiger partial charge on any atom is 0.177 e. The summed E-state index contributed by atoms with van der Waals surface area (Å²) in [6, 6.07) is 0. The summed E-state index contributed by atoms with van der Waals surface area (Å²) in [6.45, 7) is 2.12. The third-order valence-electron chi connectivity index (χ3n) is 2.23. The first kappa shape index (κ1) is 10.7. The van der Waals surface area contributed by atoms with Crippen LogP contribution in [0.1, 0.15) is 26.2 Å². The van der Waals surface area contributed by atoms with Gasteiger partial charge in [0.1, 0.15) is 0 Å². The molecule has 1 rings (SSSR count). The van der Waals surface area contributed by atoms with Crippen LogP contribution in [0.15, 0.2) is 12.2 Å². The van der Waals surface area contributed by atoms with E-state index in [0.29, 0.717) is 0 Å². The fraction of sp³-hybridized carbons (Fsp3) is 0.800. The fourth-order valence-electron chi connectivity index (χ4n) is 1.40. The molecule has 1 heterocycles. The summed E-state index contributed by atoms with van der Waals surface area (Å²) in [6.07, 6.45) is 5.71. The van der Waals surface area contributed by atoms with Crippen molar-refractivity contribution in [2.24, 2.45) is 0 Å². The molecule has 76 valence electrons. The maximum absolute atomic E-state index is 9.54. The Kier molecular flexibility index (Phi) is 4.42. The average Bonchev–Trinajstić information content (AvgIpc) is 2.17. The van der Waals surface area contributed by atoms with E-state index in [0.717, 1.165) is 19.3 Å². The van der Waals surface area contributed by atoms with Gasteiger partial charge in [-0.2, -0.15) is 0 Å². The van der Waals surface area contributed by atoms with Crippen molar-refractivity contribution in [3.05, 3.63) is 12.2 Å². The first-order valence-electron chi connectivity index (χ1n) is 4.82. The van der Waals surface area contributed by atoms with Gasteiger partial charge in [0, 0.05) is 7.11 Å². The fourth-order valence-corrected chi connectivity index (χ4v) is 1.40. The van der Waals surface area contributed by atoms with Gasteiger partial charge in [-0.25, -0.2) is 0 Å². The van der Waals surface area contributed by atoms with Crippen LogP contribution < -0.4 is 0 Å². The van der Waals surface area contributed by atoms with Crippen molar-refractivity contribution in [1.29, 1.82) is 0 Å². The van der Waals surface area contributed by atoms with Crippen LogP contribution in [-0.4, -0.2) is 30.7 Å². The molecular weight excluding hydrogens is 168 g/mol. The van der Waals surface area contributed by atoms with Crippen LogP contribution in [0.4, 0.5) is 0 Å². The lowest BCUT2D eigenvalue weighted by molar-refractivity contribution is -0.159. The molecule has 3 atom stereocenters. The quantitative estimate of drug-likeness (QED) is 0.676. The van der Waals surface area contributed by atoms with Gasteiger partial charge in [0.15, 0.2) is 6.29 Å². The lowest BCUT2D eigenvalue weighted by atomic mass is 10.0. The van der Waals surface area contributed by atoms with Crippen LogP contribution in [0.5, 0.6) is 0 Å². The first-order chi connectivity index (χ1) is 6.27. The molecule has 0 aromatic heterocycles. The van der Waals surface area contributed by atoms with Crippen molar-refractivity contribution < 1.29 is 14.6 Å². The zero-order valence-electron chi connectivity index (χ0n) is 8.27. The Hall–Kier alpha value is -0.380. The van der Waals surface area contributed by atoms with Crippen LogP contribution in [-0.2, 0) is 9.47 Å². The number of hydrogen-bond donors (Lipinski definition) is 1. The Morgan fingerprint density at radius 3 is 2.85 bits per heavy atom. The molecule has 1 aliphatic heterocycles. The van der Waals surface area contributed by atoms with Gasteiger partial charge in [-0.05, 0) is 12.5 Å². The predicted octanol–water partition coefficient (Wildman–Crippen LogP) is 1.46. The minimum atomic E-state index is -0.474. The molecule has 0 aromatic carbocycles. The van der Waals surface area contributed by atoms with Crippen molar-refractivity contribution >= 4 is 0 Å². The number of aliphatic hydroxyl groups excluding tert-OH is 1. The van der Waals surface area contributed by atoms with Gasteiger partial charge in [-0.3, -0.25) is 0 Å². The van der Waals surface area contributed by atoms with Gasteiger partial charge in [0.05, 0.1) is 12.2 Å². The molecule has 0 bridgehead atoms. The molecule has 0 amide bonds. The van der Waals surface area contributed by atoms with Crippen LogP contribution in [0.2, 0.25) is 0 Å². The van der Waals surface area contributed by atoms with Gasteiger partial charge < -0.3 is 14.6 Å². The van der Waals surface area contributed by atoms with E-state index in [2.05, 4.69) is 6.92 Å². The largest absolute Gasteiger partial charge is 0.386 e. The molecule has 0 radical (unpaired) electrons. The van der Waals surface area contributed by atoms with Gasteiger partial charge >= 0.3 is 0 Å². The first-order valence-corrected chi connectivity index (χ1v) is 4.82. The number of aliphatic hydroxyl groups is 1. The molecule has 1 N–H and O–H groups in total. The molecule has 0 fully saturated rings. The summed E-state index contributed by atoms with van der Waals surface area (Å²) in [5.41, 5.74) is 0. The Balaban J connectivity index is 2.40. The van der Waals surface area contributed by atoms with Crippen LogP contribution in [0.3, 0.4) is 0 Å². The normalized spacial score (nSPS) is 33.6. The molecule has 0 saturated carbocycles. The van der Waals surface area contributed by atoms with Gasteiger partial charge in [0.25, 0.3) is 0 Å². The summed E-state index contributed by atoms with van der Waals surface area (Å²) in [4.78, 5) is 0. The molecule has 3 heteroatoms. The maximum atomic E-state index is 9.54. The standard InChI is InChI=1S/C10H18O3/c1-3-4-5-9-8(11)6-7-10(12-2)13-9/h6-11H,3-5H2,1-2H3/t8-,9+,10-/m0/s1. The monoisotopic (exact) mass is 186 g/mol. The molecule has 3 nitrogen and oxygen atoms in total. The Morgan fingerprint density at radius 1 is 1.46 bits per heavy atom. The zero-order valence-corrected chi connectivity index (χ0v) is 8.27. The Morgan fingerprint density at radius 2 is 2.23 bits per heavy atom. The van der Waals surface area contributed by atoms with E-state index in [4.69, 9.17) is 9.47 Å². The summed E-state index contributed by atoms with van der Waals surface area (Å²) in [5.74, 6) is 0. The highest BCUT2D eigenvalue weighted by atomic mass is 16.7. The van der Waals surface area contributed by atoms with E-state index < -0.39 is 6.10 Å². The van der Waals surface area contributed by atoms with Gasteiger partial charge in [-0.15, -0.1) is 0 Å². The van der Waals surface area contributed by atoms with Crippen LogP contribution in [0, 0.1) is 0 Å². The third-order valence-corrected chi connectivity index (χ3v) is 2.23. The van der Waals surface area contributed by atoms with Crippen LogP contribution in [0.25, 0.3) is 0 Å². The lowest BCUT2D eigenvalue weighted by Crippen LogP contribution is -2.35. The van der Waals surface area contributed by atoms with Crippen molar-refractivity contribution in [2.75, 3.05) is 7.11 Å². The highest BCUT2D eigenvalue weighted by Crippen LogP contribution is 2.18. The third kappa shape index (κ3) is 3.10. The van der Waals surface area contributed by atoms with E-state index in [1.165, 1.54) is 0 Å². The molecular formula is C10H18O3. The van der Waals surface area contributed by atoms with Crippen molar-refractivity contribution in [2.45, 2.75) is 44.7 Å². The molecule has 0 unspecified atom stereocenters. The highest BCUT2D eigenvalue weighted by Gasteiger charge is 2.24. The number of rotatable bonds is 4. The molecule has 0 spiro atoms. The summed E-state index contributed by atoms with van der Waals surface area (Å²) >= 11 is 0. The zero-order chi connectivity index (χ0) is 9.68. The lowest BCUT2D eigenvalue weighted by Gasteiger charge is -2.28. The number of methoxy groups -OCH3 is 1. The minimum Gasteiger partial charge on any atom is -0.386 e. The second-order valence-electron chi connectivity index (χ2n) is 3.30. The van der Waals surface area contributed by atoms with Gasteiger partial charge in [0.2, 0.25) is 0 Å². The molecule has 0 saturated heterocycles. The van der Waals surface area contributed by atoms with Crippen molar-refractivity contribution in [3.8, 4) is 0 Å². The molecule has 0 aromatic rings. The van der Waals surface area contributed by atoms with Gasteiger partial charge in [-0.1, -0.05) is 25.8 Å². The minimum absolute atomic E-state index is 0.102. The van der Waals surface area contributed by atoms with E-state index in [9.17, 15) is 5.11 Å². The predicted molar refractivity (Wildman–Crippen MR) is 50.3 cm³/mol. The highest BCUT2D eigenvalue weighted by molar-refractivity contribution is 4.99. The topological polar surface area (TPSA) is 38.7 Å². The Labute approximate surface area is 79.3 Å². The summed E-state index contributed by atoms with van der Waals surface area (Å²) in [7, 11) is 1.60. The molecule has 13 heavy (non-hydrogen) atoms. The second kappa shape index (κ2) is 5.37. The van der Waals surface area contributed by atoms with E-state index >= 15 is 0 Å². The molecule has 1 aliphatic rings. The summed E-state index contributed by atoms with van der Waals surface area (Å²) in [5, 5.41) is 9.54. The van der Waals surface area contributed by atoms with Crippen LogP contribution >= 0.6 is 0 Å². The average molecular weight is 186 g/mol. The number of hydrogen-bond acceptors (Lipinski definition) is 3. The van der Waals surface area contributed by atoms with E-state index in [1.54, 1.807) is 19.3 Å². The smallest absolute Gasteiger partial charge is 0.177 e.